The Labute approximate surface area is 94.0 Å². The molecule has 3 heteroatoms. The second-order valence-corrected chi connectivity index (χ2v) is 4.21. The van der Waals surface area contributed by atoms with Gasteiger partial charge in [-0.15, -0.1) is 0 Å². The molecule has 0 aromatic carbocycles. The molecule has 0 aromatic heterocycles. The summed E-state index contributed by atoms with van der Waals surface area (Å²) in [5.74, 6) is 0.435. The number of hydrogen-bond donors (Lipinski definition) is 2. The van der Waals surface area contributed by atoms with E-state index >= 15 is 0 Å². The number of rotatable bonds is 8. The fraction of sp³-hybridized carbons (Fsp3) is 0.917. The molecule has 0 saturated carbocycles. The van der Waals surface area contributed by atoms with Crippen molar-refractivity contribution < 1.29 is 4.79 Å². The van der Waals surface area contributed by atoms with Gasteiger partial charge in [0.1, 0.15) is 0 Å². The number of hydrogen-bond acceptors (Lipinski definition) is 2. The maximum Gasteiger partial charge on any atom is 0.223 e. The standard InChI is InChI=1S/C12H26N2O/c1-5-7-11(8-6-2)12(15)14-9-10(3)13-4/h10-11,13H,5-9H2,1-4H3,(H,14,15). The lowest BCUT2D eigenvalue weighted by molar-refractivity contribution is -0.125. The van der Waals surface area contributed by atoms with Gasteiger partial charge < -0.3 is 10.6 Å². The van der Waals surface area contributed by atoms with Crippen LogP contribution in [0.5, 0.6) is 0 Å². The van der Waals surface area contributed by atoms with Crippen molar-refractivity contribution in [2.75, 3.05) is 13.6 Å². The zero-order valence-corrected chi connectivity index (χ0v) is 10.6. The minimum atomic E-state index is 0.212. The first-order valence-corrected chi connectivity index (χ1v) is 6.10. The Balaban J connectivity index is 3.90. The third-order valence-corrected chi connectivity index (χ3v) is 2.72. The van der Waals surface area contributed by atoms with Crippen molar-refractivity contribution in [1.29, 1.82) is 0 Å². The van der Waals surface area contributed by atoms with Crippen LogP contribution in [-0.4, -0.2) is 25.5 Å². The largest absolute Gasteiger partial charge is 0.354 e. The molecule has 0 spiro atoms. The van der Waals surface area contributed by atoms with Gasteiger partial charge in [0.25, 0.3) is 0 Å². The number of carbonyl (C=O) groups is 1. The van der Waals surface area contributed by atoms with E-state index in [0.29, 0.717) is 6.04 Å². The van der Waals surface area contributed by atoms with Crippen LogP contribution >= 0.6 is 0 Å². The lowest BCUT2D eigenvalue weighted by Crippen LogP contribution is -2.39. The predicted octanol–water partition coefficient (Wildman–Crippen LogP) is 1.93. The summed E-state index contributed by atoms with van der Waals surface area (Å²) < 4.78 is 0. The van der Waals surface area contributed by atoms with E-state index in [-0.39, 0.29) is 11.8 Å². The molecule has 0 aliphatic heterocycles. The zero-order chi connectivity index (χ0) is 11.7. The van der Waals surface area contributed by atoms with Crippen LogP contribution in [0.25, 0.3) is 0 Å². The van der Waals surface area contributed by atoms with Crippen molar-refractivity contribution in [2.45, 2.75) is 52.5 Å². The highest BCUT2D eigenvalue weighted by Crippen LogP contribution is 2.13. The van der Waals surface area contributed by atoms with Crippen molar-refractivity contribution in [1.82, 2.24) is 10.6 Å². The molecule has 1 unspecified atom stereocenters. The van der Waals surface area contributed by atoms with E-state index in [4.69, 9.17) is 0 Å². The molecular weight excluding hydrogens is 188 g/mol. The minimum absolute atomic E-state index is 0.212. The third-order valence-electron chi connectivity index (χ3n) is 2.72. The minimum Gasteiger partial charge on any atom is -0.354 e. The van der Waals surface area contributed by atoms with Crippen molar-refractivity contribution in [2.24, 2.45) is 5.92 Å². The Kier molecular flexibility index (Phi) is 8.38. The van der Waals surface area contributed by atoms with Crippen molar-refractivity contribution >= 4 is 5.91 Å². The van der Waals surface area contributed by atoms with Crippen LogP contribution < -0.4 is 10.6 Å². The molecule has 90 valence electrons. The van der Waals surface area contributed by atoms with Gasteiger partial charge in [-0.05, 0) is 26.8 Å². The number of likely N-dealkylation sites (N-methyl/N-ethyl adjacent to an activating group) is 1. The molecule has 3 nitrogen and oxygen atoms in total. The predicted molar refractivity (Wildman–Crippen MR) is 64.8 cm³/mol. The Morgan fingerprint density at radius 2 is 1.73 bits per heavy atom. The van der Waals surface area contributed by atoms with E-state index in [1.165, 1.54) is 0 Å². The monoisotopic (exact) mass is 214 g/mol. The molecule has 0 rings (SSSR count). The Bertz CT molecular complexity index is 165. The molecular formula is C12H26N2O. The summed E-state index contributed by atoms with van der Waals surface area (Å²) in [5.41, 5.74) is 0. The van der Waals surface area contributed by atoms with Gasteiger partial charge >= 0.3 is 0 Å². The van der Waals surface area contributed by atoms with E-state index in [1.807, 2.05) is 7.05 Å². The van der Waals surface area contributed by atoms with Gasteiger partial charge in [-0.3, -0.25) is 4.79 Å². The number of carbonyl (C=O) groups excluding carboxylic acids is 1. The first-order chi connectivity index (χ1) is 7.15. The summed E-state index contributed by atoms with van der Waals surface area (Å²) in [5, 5.41) is 6.11. The molecule has 0 aromatic rings. The van der Waals surface area contributed by atoms with Crippen LogP contribution in [0.4, 0.5) is 0 Å². The van der Waals surface area contributed by atoms with Crippen molar-refractivity contribution in [3.63, 3.8) is 0 Å². The summed E-state index contributed by atoms with van der Waals surface area (Å²) in [6.45, 7) is 7.05. The van der Waals surface area contributed by atoms with Gasteiger partial charge in [0.2, 0.25) is 5.91 Å². The Hall–Kier alpha value is -0.570. The van der Waals surface area contributed by atoms with E-state index in [1.54, 1.807) is 0 Å². The summed E-state index contributed by atoms with van der Waals surface area (Å²) in [6, 6.07) is 0.345. The highest BCUT2D eigenvalue weighted by Gasteiger charge is 2.16. The fourth-order valence-electron chi connectivity index (χ4n) is 1.60. The molecule has 1 amide bonds. The summed E-state index contributed by atoms with van der Waals surface area (Å²) in [6.07, 6.45) is 4.18. The van der Waals surface area contributed by atoms with Gasteiger partial charge in [0.05, 0.1) is 0 Å². The van der Waals surface area contributed by atoms with Crippen LogP contribution in [0.1, 0.15) is 46.5 Å². The first kappa shape index (κ1) is 14.4. The molecule has 0 bridgehead atoms. The average molecular weight is 214 g/mol. The van der Waals surface area contributed by atoms with Crippen molar-refractivity contribution in [3.05, 3.63) is 0 Å². The normalized spacial score (nSPS) is 12.9. The SMILES string of the molecule is CCCC(CCC)C(=O)NCC(C)NC. The molecule has 0 aliphatic rings. The smallest absolute Gasteiger partial charge is 0.223 e. The van der Waals surface area contributed by atoms with Crippen LogP contribution in [0, 0.1) is 5.92 Å². The molecule has 15 heavy (non-hydrogen) atoms. The van der Waals surface area contributed by atoms with Gasteiger partial charge in [-0.25, -0.2) is 0 Å². The van der Waals surface area contributed by atoms with Crippen molar-refractivity contribution in [3.8, 4) is 0 Å². The van der Waals surface area contributed by atoms with Gasteiger partial charge in [-0.2, -0.15) is 0 Å². The molecule has 2 N–H and O–H groups in total. The second kappa shape index (κ2) is 8.72. The van der Waals surface area contributed by atoms with Gasteiger partial charge in [0, 0.05) is 18.5 Å². The topological polar surface area (TPSA) is 41.1 Å². The lowest BCUT2D eigenvalue weighted by atomic mass is 9.97. The second-order valence-electron chi connectivity index (χ2n) is 4.21. The quantitative estimate of drug-likeness (QED) is 0.648. The number of amides is 1. The van der Waals surface area contributed by atoms with E-state index < -0.39 is 0 Å². The van der Waals surface area contributed by atoms with Gasteiger partial charge in [0.15, 0.2) is 0 Å². The summed E-state index contributed by atoms with van der Waals surface area (Å²) in [7, 11) is 1.91. The molecule has 0 aliphatic carbocycles. The molecule has 1 atom stereocenters. The maximum absolute atomic E-state index is 11.8. The summed E-state index contributed by atoms with van der Waals surface area (Å²) >= 11 is 0. The van der Waals surface area contributed by atoms with Gasteiger partial charge in [-0.1, -0.05) is 26.7 Å². The first-order valence-electron chi connectivity index (χ1n) is 6.10. The molecule has 0 radical (unpaired) electrons. The highest BCUT2D eigenvalue weighted by molar-refractivity contribution is 5.78. The van der Waals surface area contributed by atoms with E-state index in [0.717, 1.165) is 32.2 Å². The molecule has 0 saturated heterocycles. The zero-order valence-electron chi connectivity index (χ0n) is 10.6. The highest BCUT2D eigenvalue weighted by atomic mass is 16.1. The third kappa shape index (κ3) is 6.50. The Morgan fingerprint density at radius 3 is 2.13 bits per heavy atom. The molecule has 0 heterocycles. The van der Waals surface area contributed by atoms with Crippen LogP contribution in [-0.2, 0) is 4.79 Å². The van der Waals surface area contributed by atoms with E-state index in [9.17, 15) is 4.79 Å². The summed E-state index contributed by atoms with van der Waals surface area (Å²) in [4.78, 5) is 11.8. The van der Waals surface area contributed by atoms with Crippen LogP contribution in [0.2, 0.25) is 0 Å². The van der Waals surface area contributed by atoms with Crippen LogP contribution in [0.3, 0.4) is 0 Å². The average Bonchev–Trinajstić information content (AvgIpc) is 2.25. The lowest BCUT2D eigenvalue weighted by Gasteiger charge is -2.17. The number of nitrogens with one attached hydrogen (secondary N) is 2. The van der Waals surface area contributed by atoms with E-state index in [2.05, 4.69) is 31.4 Å². The Morgan fingerprint density at radius 1 is 1.20 bits per heavy atom. The fourth-order valence-corrected chi connectivity index (χ4v) is 1.60. The van der Waals surface area contributed by atoms with Crippen LogP contribution in [0.15, 0.2) is 0 Å². The molecule has 0 fully saturated rings. The maximum atomic E-state index is 11.8.